The van der Waals surface area contributed by atoms with Gasteiger partial charge < -0.3 is 10.6 Å². The largest absolute Gasteiger partial charge is 0.336 e. The standard InChI is InChI=1S/C19H28N4O3/c24-18(21-16-7-9-17(10-8-16)23(25)26)20-15-19(11-3-1-4-12-19)22-13-5-2-6-14-22/h7-10H,1-6,11-15H2,(H2,20,21,24). The molecule has 1 saturated carbocycles. The van der Waals surface area contributed by atoms with Crippen LogP contribution in [0, 0.1) is 10.1 Å². The highest BCUT2D eigenvalue weighted by molar-refractivity contribution is 5.89. The van der Waals surface area contributed by atoms with Crippen LogP contribution in [0.1, 0.15) is 51.4 Å². The lowest BCUT2D eigenvalue weighted by molar-refractivity contribution is -0.384. The van der Waals surface area contributed by atoms with Crippen LogP contribution in [-0.2, 0) is 0 Å². The molecule has 2 N–H and O–H groups in total. The van der Waals surface area contributed by atoms with E-state index in [2.05, 4.69) is 15.5 Å². The number of carbonyl (C=O) groups is 1. The fraction of sp³-hybridized carbons (Fsp3) is 0.632. The van der Waals surface area contributed by atoms with Gasteiger partial charge in [0.25, 0.3) is 5.69 Å². The second-order valence-corrected chi connectivity index (χ2v) is 7.44. The summed E-state index contributed by atoms with van der Waals surface area (Å²) >= 11 is 0. The minimum atomic E-state index is -0.449. The molecular weight excluding hydrogens is 332 g/mol. The molecule has 0 unspecified atom stereocenters. The molecule has 0 radical (unpaired) electrons. The second-order valence-electron chi connectivity index (χ2n) is 7.44. The third-order valence-electron chi connectivity index (χ3n) is 5.73. The van der Waals surface area contributed by atoms with Crippen LogP contribution in [0.5, 0.6) is 0 Å². The zero-order chi connectivity index (χ0) is 18.4. The second kappa shape index (κ2) is 8.49. The number of nitro benzene ring substituents is 1. The fourth-order valence-electron chi connectivity index (χ4n) is 4.27. The molecule has 7 heteroatoms. The number of hydrogen-bond donors (Lipinski definition) is 2. The Labute approximate surface area is 154 Å². The van der Waals surface area contributed by atoms with E-state index in [-0.39, 0.29) is 17.3 Å². The Bertz CT molecular complexity index is 620. The number of amides is 2. The fourth-order valence-corrected chi connectivity index (χ4v) is 4.27. The SMILES string of the molecule is O=C(NCC1(N2CCCCC2)CCCCC1)Nc1ccc([N+](=O)[O-])cc1. The van der Waals surface area contributed by atoms with Gasteiger partial charge in [0, 0.05) is 29.9 Å². The van der Waals surface area contributed by atoms with Gasteiger partial charge in [-0.25, -0.2) is 4.79 Å². The molecule has 0 atom stereocenters. The van der Waals surface area contributed by atoms with Gasteiger partial charge in [0.05, 0.1) is 4.92 Å². The predicted octanol–water partition coefficient (Wildman–Crippen LogP) is 3.91. The van der Waals surface area contributed by atoms with Crippen LogP contribution >= 0.6 is 0 Å². The number of benzene rings is 1. The lowest BCUT2D eigenvalue weighted by Gasteiger charge is -2.48. The minimum absolute atomic E-state index is 0.0159. The van der Waals surface area contributed by atoms with Crippen molar-refractivity contribution in [1.82, 2.24) is 10.2 Å². The Morgan fingerprint density at radius 2 is 1.65 bits per heavy atom. The van der Waals surface area contributed by atoms with Crippen LogP contribution in [0.25, 0.3) is 0 Å². The third-order valence-corrected chi connectivity index (χ3v) is 5.73. The van der Waals surface area contributed by atoms with Crippen molar-refractivity contribution in [2.75, 3.05) is 25.0 Å². The van der Waals surface area contributed by atoms with Gasteiger partial charge in [-0.05, 0) is 50.9 Å². The van der Waals surface area contributed by atoms with Crippen LogP contribution in [0.3, 0.4) is 0 Å². The molecule has 1 aliphatic carbocycles. The molecule has 1 saturated heterocycles. The van der Waals surface area contributed by atoms with Crippen LogP contribution in [-0.4, -0.2) is 41.0 Å². The Balaban J connectivity index is 1.57. The first kappa shape index (κ1) is 18.6. The topological polar surface area (TPSA) is 87.5 Å². The lowest BCUT2D eigenvalue weighted by Crippen LogP contribution is -2.58. The number of hydrogen-bond acceptors (Lipinski definition) is 4. The molecule has 1 heterocycles. The summed E-state index contributed by atoms with van der Waals surface area (Å²) in [7, 11) is 0. The maximum absolute atomic E-state index is 12.3. The Hall–Kier alpha value is -2.15. The lowest BCUT2D eigenvalue weighted by atomic mass is 9.79. The molecule has 2 aliphatic rings. The van der Waals surface area contributed by atoms with Gasteiger partial charge in [-0.3, -0.25) is 15.0 Å². The van der Waals surface area contributed by atoms with E-state index in [1.54, 1.807) is 12.1 Å². The molecule has 2 fully saturated rings. The Kier molecular flexibility index (Phi) is 6.08. The highest BCUT2D eigenvalue weighted by atomic mass is 16.6. The maximum Gasteiger partial charge on any atom is 0.319 e. The minimum Gasteiger partial charge on any atom is -0.336 e. The van der Waals surface area contributed by atoms with Gasteiger partial charge in [-0.15, -0.1) is 0 Å². The Morgan fingerprint density at radius 3 is 2.27 bits per heavy atom. The molecule has 1 aromatic rings. The van der Waals surface area contributed by atoms with E-state index in [0.29, 0.717) is 12.2 Å². The van der Waals surface area contributed by atoms with Gasteiger partial charge in [-0.2, -0.15) is 0 Å². The van der Waals surface area contributed by atoms with E-state index in [1.807, 2.05) is 0 Å². The van der Waals surface area contributed by atoms with Crippen LogP contribution < -0.4 is 10.6 Å². The van der Waals surface area contributed by atoms with Crippen molar-refractivity contribution < 1.29 is 9.72 Å². The molecule has 0 spiro atoms. The van der Waals surface area contributed by atoms with Crippen molar-refractivity contribution in [1.29, 1.82) is 0 Å². The number of carbonyl (C=O) groups excluding carboxylic acids is 1. The van der Waals surface area contributed by atoms with E-state index in [1.165, 1.54) is 50.7 Å². The summed E-state index contributed by atoms with van der Waals surface area (Å²) in [6.07, 6.45) is 9.82. The van der Waals surface area contributed by atoms with Gasteiger partial charge in [0.1, 0.15) is 0 Å². The predicted molar refractivity (Wildman–Crippen MR) is 101 cm³/mol. The molecule has 142 valence electrons. The van der Waals surface area contributed by atoms with E-state index >= 15 is 0 Å². The van der Waals surface area contributed by atoms with Gasteiger partial charge in [-0.1, -0.05) is 25.7 Å². The summed E-state index contributed by atoms with van der Waals surface area (Å²) in [4.78, 5) is 25.2. The first-order chi connectivity index (χ1) is 12.6. The van der Waals surface area contributed by atoms with E-state index in [9.17, 15) is 14.9 Å². The summed E-state index contributed by atoms with van der Waals surface area (Å²) in [6.45, 7) is 2.92. The quantitative estimate of drug-likeness (QED) is 0.616. The smallest absolute Gasteiger partial charge is 0.319 e. The number of nitro groups is 1. The van der Waals surface area contributed by atoms with E-state index in [0.717, 1.165) is 25.9 Å². The summed E-state index contributed by atoms with van der Waals surface area (Å²) in [5.74, 6) is 0. The number of non-ortho nitro benzene ring substituents is 1. The molecule has 1 aliphatic heterocycles. The number of nitrogens with zero attached hydrogens (tertiary/aromatic N) is 2. The first-order valence-electron chi connectivity index (χ1n) is 9.63. The van der Waals surface area contributed by atoms with Crippen LogP contribution in [0.15, 0.2) is 24.3 Å². The number of urea groups is 1. The van der Waals surface area contributed by atoms with Crippen molar-refractivity contribution in [3.8, 4) is 0 Å². The maximum atomic E-state index is 12.3. The third kappa shape index (κ3) is 4.52. The molecular formula is C19H28N4O3. The van der Waals surface area contributed by atoms with Crippen molar-refractivity contribution >= 4 is 17.4 Å². The highest BCUT2D eigenvalue weighted by Crippen LogP contribution is 2.35. The zero-order valence-electron chi connectivity index (χ0n) is 15.2. The molecule has 7 nitrogen and oxygen atoms in total. The molecule has 3 rings (SSSR count). The highest BCUT2D eigenvalue weighted by Gasteiger charge is 2.38. The average molecular weight is 360 g/mol. The number of anilines is 1. The van der Waals surface area contributed by atoms with Crippen molar-refractivity contribution in [3.63, 3.8) is 0 Å². The molecule has 0 aromatic heterocycles. The molecule has 26 heavy (non-hydrogen) atoms. The van der Waals surface area contributed by atoms with E-state index < -0.39 is 4.92 Å². The average Bonchev–Trinajstić information content (AvgIpc) is 2.68. The Morgan fingerprint density at radius 1 is 1.04 bits per heavy atom. The first-order valence-corrected chi connectivity index (χ1v) is 9.63. The van der Waals surface area contributed by atoms with Gasteiger partial charge in [0.2, 0.25) is 0 Å². The number of likely N-dealkylation sites (tertiary alicyclic amines) is 1. The number of rotatable bonds is 5. The van der Waals surface area contributed by atoms with Crippen molar-refractivity contribution in [2.24, 2.45) is 0 Å². The van der Waals surface area contributed by atoms with Crippen LogP contribution in [0.4, 0.5) is 16.2 Å². The zero-order valence-corrected chi connectivity index (χ0v) is 15.2. The van der Waals surface area contributed by atoms with Crippen LogP contribution in [0.2, 0.25) is 0 Å². The summed E-state index contributed by atoms with van der Waals surface area (Å²) in [5, 5.41) is 16.5. The van der Waals surface area contributed by atoms with Crippen molar-refractivity contribution in [3.05, 3.63) is 34.4 Å². The normalized spacial score (nSPS) is 20.3. The molecule has 1 aromatic carbocycles. The summed E-state index contributed by atoms with van der Waals surface area (Å²) in [5.41, 5.74) is 0.664. The van der Waals surface area contributed by atoms with E-state index in [4.69, 9.17) is 0 Å². The van der Waals surface area contributed by atoms with Gasteiger partial charge in [0.15, 0.2) is 0 Å². The molecule has 2 amide bonds. The monoisotopic (exact) mass is 360 g/mol. The molecule has 0 bridgehead atoms. The summed E-state index contributed by atoms with van der Waals surface area (Å²) < 4.78 is 0. The summed E-state index contributed by atoms with van der Waals surface area (Å²) in [6, 6.07) is 5.65. The number of nitrogens with one attached hydrogen (secondary N) is 2. The van der Waals surface area contributed by atoms with Crippen molar-refractivity contribution in [2.45, 2.75) is 56.9 Å². The number of piperidine rings is 1. The van der Waals surface area contributed by atoms with Gasteiger partial charge >= 0.3 is 6.03 Å².